The second-order valence-corrected chi connectivity index (χ2v) is 6.19. The zero-order valence-electron chi connectivity index (χ0n) is 10.7. The number of hydrogen-bond acceptors (Lipinski definition) is 1. The lowest BCUT2D eigenvalue weighted by molar-refractivity contribution is -0.115. The van der Waals surface area contributed by atoms with Gasteiger partial charge in [0.15, 0.2) is 0 Å². The van der Waals surface area contributed by atoms with Crippen molar-refractivity contribution in [1.82, 2.24) is 0 Å². The van der Waals surface area contributed by atoms with Crippen LogP contribution in [0.2, 0.25) is 0 Å². The van der Waals surface area contributed by atoms with Crippen LogP contribution in [-0.4, -0.2) is 5.91 Å². The first-order valence-corrected chi connectivity index (χ1v) is 7.54. The molecule has 2 aromatic carbocycles. The molecule has 0 fully saturated rings. The third-order valence-electron chi connectivity index (χ3n) is 2.80. The number of amides is 1. The number of halogens is 3. The summed E-state index contributed by atoms with van der Waals surface area (Å²) in [7, 11) is 0. The fourth-order valence-corrected chi connectivity index (χ4v) is 2.43. The Morgan fingerprint density at radius 1 is 1.20 bits per heavy atom. The van der Waals surface area contributed by atoms with E-state index in [9.17, 15) is 9.18 Å². The minimum Gasteiger partial charge on any atom is -0.326 e. The van der Waals surface area contributed by atoms with Crippen LogP contribution in [0.4, 0.5) is 10.1 Å². The van der Waals surface area contributed by atoms with Crippen molar-refractivity contribution in [3.63, 3.8) is 0 Å². The molecule has 0 aromatic heterocycles. The van der Waals surface area contributed by atoms with Crippen molar-refractivity contribution in [2.45, 2.75) is 13.3 Å². The summed E-state index contributed by atoms with van der Waals surface area (Å²) in [6.07, 6.45) is 0.000382. The first kappa shape index (κ1) is 15.2. The fraction of sp³-hybridized carbons (Fsp3) is 0.133. The lowest BCUT2D eigenvalue weighted by Gasteiger charge is -2.08. The highest BCUT2D eigenvalue weighted by molar-refractivity contribution is 9.10. The standard InChI is InChI=1S/C15H12Br2FNO/c1-9-6-12(3-4-13(9)17)19-15(20)8-10-7-11(16)2-5-14(10)18/h2-7H,8H2,1H3,(H,19,20). The van der Waals surface area contributed by atoms with Crippen molar-refractivity contribution in [2.24, 2.45) is 0 Å². The van der Waals surface area contributed by atoms with Crippen molar-refractivity contribution in [3.05, 3.63) is 62.3 Å². The molecule has 2 aromatic rings. The van der Waals surface area contributed by atoms with Crippen LogP contribution in [0.5, 0.6) is 0 Å². The van der Waals surface area contributed by atoms with Gasteiger partial charge in [-0.2, -0.15) is 0 Å². The predicted molar refractivity (Wildman–Crippen MR) is 85.3 cm³/mol. The topological polar surface area (TPSA) is 29.1 Å². The van der Waals surface area contributed by atoms with Crippen LogP contribution in [-0.2, 0) is 11.2 Å². The fourth-order valence-electron chi connectivity index (χ4n) is 1.78. The van der Waals surface area contributed by atoms with Crippen LogP contribution in [0, 0.1) is 12.7 Å². The van der Waals surface area contributed by atoms with Crippen LogP contribution in [0.25, 0.3) is 0 Å². The Labute approximate surface area is 133 Å². The molecule has 0 aliphatic heterocycles. The molecule has 0 heterocycles. The van der Waals surface area contributed by atoms with Crippen molar-refractivity contribution in [2.75, 3.05) is 5.32 Å². The maximum atomic E-state index is 13.6. The second-order valence-electron chi connectivity index (χ2n) is 4.42. The Bertz CT molecular complexity index is 658. The summed E-state index contributed by atoms with van der Waals surface area (Å²) in [4.78, 5) is 11.9. The van der Waals surface area contributed by atoms with E-state index >= 15 is 0 Å². The lowest BCUT2D eigenvalue weighted by Crippen LogP contribution is -2.15. The number of benzene rings is 2. The Morgan fingerprint density at radius 3 is 2.65 bits per heavy atom. The molecule has 2 nitrogen and oxygen atoms in total. The van der Waals surface area contributed by atoms with Crippen LogP contribution in [0.3, 0.4) is 0 Å². The summed E-state index contributed by atoms with van der Waals surface area (Å²) in [6, 6.07) is 10.1. The summed E-state index contributed by atoms with van der Waals surface area (Å²) < 4.78 is 15.3. The van der Waals surface area contributed by atoms with Crippen LogP contribution in [0.1, 0.15) is 11.1 Å². The van der Waals surface area contributed by atoms with Crippen molar-refractivity contribution >= 4 is 43.5 Å². The average Bonchev–Trinajstić information content (AvgIpc) is 2.38. The second kappa shape index (κ2) is 6.50. The van der Waals surface area contributed by atoms with E-state index in [1.54, 1.807) is 18.2 Å². The van der Waals surface area contributed by atoms with Crippen LogP contribution >= 0.6 is 31.9 Å². The molecule has 0 unspecified atom stereocenters. The number of carbonyl (C=O) groups is 1. The maximum absolute atomic E-state index is 13.6. The molecule has 0 aliphatic carbocycles. The Morgan fingerprint density at radius 2 is 1.95 bits per heavy atom. The summed E-state index contributed by atoms with van der Waals surface area (Å²) in [6.45, 7) is 1.94. The number of carbonyl (C=O) groups excluding carboxylic acids is 1. The summed E-state index contributed by atoms with van der Waals surface area (Å²) >= 11 is 6.67. The zero-order valence-corrected chi connectivity index (χ0v) is 13.9. The molecule has 0 aliphatic rings. The largest absolute Gasteiger partial charge is 0.326 e. The number of hydrogen-bond donors (Lipinski definition) is 1. The summed E-state index contributed by atoms with van der Waals surface area (Å²) in [5, 5.41) is 2.76. The van der Waals surface area contributed by atoms with Gasteiger partial charge in [-0.3, -0.25) is 4.79 Å². The number of nitrogens with one attached hydrogen (secondary N) is 1. The van der Waals surface area contributed by atoms with Crippen LogP contribution < -0.4 is 5.32 Å². The first-order valence-electron chi connectivity index (χ1n) is 5.95. The lowest BCUT2D eigenvalue weighted by atomic mass is 10.1. The average molecular weight is 401 g/mol. The molecular weight excluding hydrogens is 389 g/mol. The van der Waals surface area contributed by atoms with Crippen molar-refractivity contribution in [1.29, 1.82) is 0 Å². The van der Waals surface area contributed by atoms with E-state index in [2.05, 4.69) is 37.2 Å². The van der Waals surface area contributed by atoms with Crippen LogP contribution in [0.15, 0.2) is 45.3 Å². The highest BCUT2D eigenvalue weighted by Crippen LogP contribution is 2.21. The van der Waals surface area contributed by atoms with E-state index in [-0.39, 0.29) is 18.1 Å². The number of aryl methyl sites for hydroxylation is 1. The van der Waals surface area contributed by atoms with E-state index in [0.717, 1.165) is 14.5 Å². The molecule has 0 radical (unpaired) electrons. The van der Waals surface area contributed by atoms with Gasteiger partial charge in [-0.05, 0) is 54.4 Å². The zero-order chi connectivity index (χ0) is 14.7. The number of anilines is 1. The highest BCUT2D eigenvalue weighted by Gasteiger charge is 2.09. The number of rotatable bonds is 3. The van der Waals surface area contributed by atoms with Gasteiger partial charge in [-0.15, -0.1) is 0 Å². The van der Waals surface area contributed by atoms with Gasteiger partial charge >= 0.3 is 0 Å². The van der Waals surface area contributed by atoms with Gasteiger partial charge in [-0.1, -0.05) is 31.9 Å². The van der Waals surface area contributed by atoms with E-state index in [4.69, 9.17) is 0 Å². The van der Waals surface area contributed by atoms with Gasteiger partial charge < -0.3 is 5.32 Å². The van der Waals surface area contributed by atoms with Gasteiger partial charge in [0.05, 0.1) is 6.42 Å². The molecule has 104 valence electrons. The molecule has 5 heteroatoms. The third kappa shape index (κ3) is 3.90. The molecule has 2 rings (SSSR count). The van der Waals surface area contributed by atoms with Gasteiger partial charge in [0.1, 0.15) is 5.82 Å². The molecule has 0 spiro atoms. The molecule has 0 bridgehead atoms. The smallest absolute Gasteiger partial charge is 0.228 e. The first-order chi connectivity index (χ1) is 9.45. The van der Waals surface area contributed by atoms with Crippen molar-refractivity contribution < 1.29 is 9.18 Å². The Hall–Kier alpha value is -1.20. The van der Waals surface area contributed by atoms with Gasteiger partial charge in [0, 0.05) is 14.6 Å². The maximum Gasteiger partial charge on any atom is 0.228 e. The molecular formula is C15H12Br2FNO. The van der Waals surface area contributed by atoms with E-state index < -0.39 is 0 Å². The molecule has 1 N–H and O–H groups in total. The molecule has 0 atom stereocenters. The van der Waals surface area contributed by atoms with Gasteiger partial charge in [0.25, 0.3) is 0 Å². The molecule has 0 saturated heterocycles. The monoisotopic (exact) mass is 399 g/mol. The predicted octanol–water partition coefficient (Wildman–Crippen LogP) is 4.84. The van der Waals surface area contributed by atoms with Crippen molar-refractivity contribution in [3.8, 4) is 0 Å². The molecule has 20 heavy (non-hydrogen) atoms. The quantitative estimate of drug-likeness (QED) is 0.784. The highest BCUT2D eigenvalue weighted by atomic mass is 79.9. The summed E-state index contributed by atoms with van der Waals surface area (Å²) in [5.74, 6) is -0.626. The third-order valence-corrected chi connectivity index (χ3v) is 4.18. The van der Waals surface area contributed by atoms with E-state index in [1.807, 2.05) is 19.1 Å². The minimum atomic E-state index is -0.379. The van der Waals surface area contributed by atoms with E-state index in [0.29, 0.717) is 11.3 Å². The normalized spacial score (nSPS) is 10.4. The molecule has 0 saturated carbocycles. The Kier molecular flexibility index (Phi) is 4.94. The molecule has 1 amide bonds. The summed E-state index contributed by atoms with van der Waals surface area (Å²) in [5.41, 5.74) is 2.09. The van der Waals surface area contributed by atoms with E-state index in [1.165, 1.54) is 6.07 Å². The Balaban J connectivity index is 2.09. The minimum absolute atomic E-state index is 0.000382. The SMILES string of the molecule is Cc1cc(NC(=O)Cc2cc(Br)ccc2F)ccc1Br. The van der Waals surface area contributed by atoms with Gasteiger partial charge in [-0.25, -0.2) is 4.39 Å². The van der Waals surface area contributed by atoms with Gasteiger partial charge in [0.2, 0.25) is 5.91 Å².